The zero-order valence-corrected chi connectivity index (χ0v) is 14.0. The van der Waals surface area contributed by atoms with Crippen LogP contribution in [-0.4, -0.2) is 61.0 Å². The first-order valence-corrected chi connectivity index (χ1v) is 8.30. The second-order valence-corrected chi connectivity index (χ2v) is 6.84. The maximum absolute atomic E-state index is 12.5. The molecule has 0 aliphatic carbocycles. The highest BCUT2D eigenvalue weighted by Crippen LogP contribution is 2.21. The van der Waals surface area contributed by atoms with E-state index in [0.717, 1.165) is 42.8 Å². The number of amides is 1. The van der Waals surface area contributed by atoms with Gasteiger partial charge in [-0.1, -0.05) is 11.6 Å². The van der Waals surface area contributed by atoms with Gasteiger partial charge in [-0.25, -0.2) is 0 Å². The average Bonchev–Trinajstić information content (AvgIpc) is 2.40. The molecule has 1 amide bonds. The van der Waals surface area contributed by atoms with Gasteiger partial charge in [0, 0.05) is 54.4 Å². The topological polar surface area (TPSA) is 35.6 Å². The van der Waals surface area contributed by atoms with Crippen LogP contribution in [-0.2, 0) is 0 Å². The highest BCUT2D eigenvalue weighted by atomic mass is 127. The lowest BCUT2D eigenvalue weighted by molar-refractivity contribution is 0.0502. The van der Waals surface area contributed by atoms with Crippen LogP contribution in [0.1, 0.15) is 10.4 Å². The quantitative estimate of drug-likeness (QED) is 0.761. The summed E-state index contributed by atoms with van der Waals surface area (Å²) in [5, 5.41) is 3.94. The van der Waals surface area contributed by atoms with E-state index in [1.807, 2.05) is 17.0 Å². The molecule has 0 saturated carbocycles. The van der Waals surface area contributed by atoms with E-state index in [2.05, 4.69) is 32.8 Å². The maximum Gasteiger partial charge on any atom is 0.253 e. The van der Waals surface area contributed by atoms with Gasteiger partial charge in [-0.15, -0.1) is 0 Å². The third-order valence-corrected chi connectivity index (χ3v) is 5.62. The molecule has 1 N–H and O–H groups in total. The Kier molecular flexibility index (Phi) is 4.49. The van der Waals surface area contributed by atoms with Crippen LogP contribution in [0.2, 0.25) is 5.02 Å². The Balaban J connectivity index is 1.62. The molecule has 0 unspecified atom stereocenters. The molecule has 4 nitrogen and oxygen atoms in total. The average molecular weight is 406 g/mol. The first-order valence-electron chi connectivity index (χ1n) is 6.84. The van der Waals surface area contributed by atoms with Crippen LogP contribution in [0.25, 0.3) is 0 Å². The predicted octanol–water partition coefficient (Wildman–Crippen LogP) is 1.67. The number of nitrogens with zero attached hydrogens (tertiary/aromatic N) is 2. The standard InChI is InChI=1S/C14H17ClIN3O/c15-12-7-10(1-2-13(12)16)14(20)19-5-3-18(4-6-19)11-8-17-9-11/h1-2,7,11,17H,3-6,8-9H2. The fraction of sp³-hybridized carbons (Fsp3) is 0.500. The molecular weight excluding hydrogens is 389 g/mol. The zero-order chi connectivity index (χ0) is 14.1. The largest absolute Gasteiger partial charge is 0.336 e. The molecule has 6 heteroatoms. The molecule has 108 valence electrons. The maximum atomic E-state index is 12.5. The lowest BCUT2D eigenvalue weighted by Gasteiger charge is -2.43. The van der Waals surface area contributed by atoms with E-state index < -0.39 is 0 Å². The number of carbonyl (C=O) groups is 1. The van der Waals surface area contributed by atoms with Crippen molar-refractivity contribution in [1.29, 1.82) is 0 Å². The summed E-state index contributed by atoms with van der Waals surface area (Å²) in [6.07, 6.45) is 0. The Hall–Kier alpha value is -0.370. The number of rotatable bonds is 2. The minimum Gasteiger partial charge on any atom is -0.336 e. The molecular formula is C14H17ClIN3O. The smallest absolute Gasteiger partial charge is 0.253 e. The van der Waals surface area contributed by atoms with Crippen molar-refractivity contribution in [3.05, 3.63) is 32.4 Å². The van der Waals surface area contributed by atoms with E-state index >= 15 is 0 Å². The summed E-state index contributed by atoms with van der Waals surface area (Å²) in [5.74, 6) is 0.0923. The zero-order valence-electron chi connectivity index (χ0n) is 11.1. The van der Waals surface area contributed by atoms with Crippen molar-refractivity contribution in [3.8, 4) is 0 Å². The Bertz CT molecular complexity index is 513. The molecule has 3 rings (SSSR count). The van der Waals surface area contributed by atoms with Crippen LogP contribution in [0, 0.1) is 3.57 Å². The summed E-state index contributed by atoms with van der Waals surface area (Å²) in [6, 6.07) is 6.19. The van der Waals surface area contributed by atoms with E-state index in [4.69, 9.17) is 11.6 Å². The molecule has 2 saturated heterocycles. The third-order valence-electron chi connectivity index (χ3n) is 4.04. The first-order chi connectivity index (χ1) is 9.65. The van der Waals surface area contributed by atoms with Crippen molar-refractivity contribution in [2.45, 2.75) is 6.04 Å². The van der Waals surface area contributed by atoms with Gasteiger partial charge in [-0.05, 0) is 40.8 Å². The van der Waals surface area contributed by atoms with Crippen LogP contribution in [0.5, 0.6) is 0 Å². The number of halogens is 2. The van der Waals surface area contributed by atoms with E-state index in [1.165, 1.54) is 0 Å². The third kappa shape index (κ3) is 2.95. The van der Waals surface area contributed by atoms with Crippen molar-refractivity contribution in [1.82, 2.24) is 15.1 Å². The molecule has 2 heterocycles. The van der Waals surface area contributed by atoms with Crippen molar-refractivity contribution < 1.29 is 4.79 Å². The monoisotopic (exact) mass is 405 g/mol. The van der Waals surface area contributed by atoms with Gasteiger partial charge in [0.15, 0.2) is 0 Å². The molecule has 20 heavy (non-hydrogen) atoms. The Morgan fingerprint density at radius 3 is 2.50 bits per heavy atom. The number of hydrogen-bond acceptors (Lipinski definition) is 3. The second-order valence-electron chi connectivity index (χ2n) is 5.27. The number of benzene rings is 1. The highest BCUT2D eigenvalue weighted by molar-refractivity contribution is 14.1. The van der Waals surface area contributed by atoms with Gasteiger partial charge >= 0.3 is 0 Å². The normalized spacial score (nSPS) is 20.8. The van der Waals surface area contributed by atoms with Crippen LogP contribution in [0.15, 0.2) is 18.2 Å². The summed E-state index contributed by atoms with van der Waals surface area (Å²) in [5.41, 5.74) is 0.689. The van der Waals surface area contributed by atoms with Crippen molar-refractivity contribution in [2.75, 3.05) is 39.3 Å². The van der Waals surface area contributed by atoms with E-state index in [1.54, 1.807) is 6.07 Å². The fourth-order valence-corrected chi connectivity index (χ4v) is 3.15. The molecule has 1 aromatic carbocycles. The lowest BCUT2D eigenvalue weighted by Crippen LogP contribution is -2.62. The number of hydrogen-bond donors (Lipinski definition) is 1. The van der Waals surface area contributed by atoms with Gasteiger partial charge in [-0.2, -0.15) is 0 Å². The van der Waals surface area contributed by atoms with Crippen LogP contribution in [0.4, 0.5) is 0 Å². The van der Waals surface area contributed by atoms with Gasteiger partial charge < -0.3 is 10.2 Å². The van der Waals surface area contributed by atoms with Gasteiger partial charge in [0.25, 0.3) is 5.91 Å². The van der Waals surface area contributed by atoms with Crippen molar-refractivity contribution in [3.63, 3.8) is 0 Å². The number of piperazine rings is 1. The highest BCUT2D eigenvalue weighted by Gasteiger charge is 2.29. The molecule has 0 bridgehead atoms. The minimum absolute atomic E-state index is 0.0923. The van der Waals surface area contributed by atoms with Gasteiger partial charge in [0.05, 0.1) is 5.02 Å². The molecule has 1 aromatic rings. The van der Waals surface area contributed by atoms with Crippen molar-refractivity contribution in [2.24, 2.45) is 0 Å². The van der Waals surface area contributed by atoms with Gasteiger partial charge in [-0.3, -0.25) is 9.69 Å². The summed E-state index contributed by atoms with van der Waals surface area (Å²) in [4.78, 5) is 16.9. The molecule has 0 aromatic heterocycles. The van der Waals surface area contributed by atoms with E-state index in [9.17, 15) is 4.79 Å². The summed E-state index contributed by atoms with van der Waals surface area (Å²) in [6.45, 7) is 5.71. The van der Waals surface area contributed by atoms with Gasteiger partial charge in [0.2, 0.25) is 0 Å². The predicted molar refractivity (Wildman–Crippen MR) is 88.3 cm³/mol. The van der Waals surface area contributed by atoms with Gasteiger partial charge in [0.1, 0.15) is 0 Å². The first kappa shape index (κ1) is 14.6. The summed E-state index contributed by atoms with van der Waals surface area (Å²) >= 11 is 8.26. The molecule has 2 aliphatic rings. The molecule has 2 fully saturated rings. The number of carbonyl (C=O) groups excluding carboxylic acids is 1. The molecule has 0 spiro atoms. The Morgan fingerprint density at radius 2 is 1.95 bits per heavy atom. The molecule has 0 atom stereocenters. The van der Waals surface area contributed by atoms with Crippen molar-refractivity contribution >= 4 is 40.1 Å². The minimum atomic E-state index is 0.0923. The van der Waals surface area contributed by atoms with Crippen LogP contribution >= 0.6 is 34.2 Å². The SMILES string of the molecule is O=C(c1ccc(I)c(Cl)c1)N1CCN(C2CNC2)CC1. The summed E-state index contributed by atoms with van der Waals surface area (Å²) in [7, 11) is 0. The Morgan fingerprint density at radius 1 is 1.25 bits per heavy atom. The summed E-state index contributed by atoms with van der Waals surface area (Å²) < 4.78 is 0.975. The van der Waals surface area contributed by atoms with Crippen LogP contribution < -0.4 is 5.32 Å². The van der Waals surface area contributed by atoms with E-state index in [-0.39, 0.29) is 5.91 Å². The molecule has 2 aliphatic heterocycles. The fourth-order valence-electron chi connectivity index (χ4n) is 2.63. The second kappa shape index (κ2) is 6.17. The Labute approximate surface area is 137 Å². The lowest BCUT2D eigenvalue weighted by atomic mass is 10.1. The van der Waals surface area contributed by atoms with E-state index in [0.29, 0.717) is 16.6 Å². The number of nitrogens with one attached hydrogen (secondary N) is 1. The van der Waals surface area contributed by atoms with Crippen LogP contribution in [0.3, 0.4) is 0 Å². The molecule has 0 radical (unpaired) electrons.